The van der Waals surface area contributed by atoms with Gasteiger partial charge in [0.25, 0.3) is 0 Å². The smallest absolute Gasteiger partial charge is 0.0648 e. The molecule has 180 valence electrons. The van der Waals surface area contributed by atoms with Gasteiger partial charge in [-0.1, -0.05) is 124 Å². The lowest BCUT2D eigenvalue weighted by atomic mass is 10.0. The van der Waals surface area contributed by atoms with E-state index in [4.69, 9.17) is 0 Å². The summed E-state index contributed by atoms with van der Waals surface area (Å²) in [6.45, 7) is 34.8. The highest BCUT2D eigenvalue weighted by Crippen LogP contribution is 2.45. The van der Waals surface area contributed by atoms with Crippen molar-refractivity contribution < 1.29 is 0 Å². The number of benzene rings is 2. The fraction of sp³-hybridized carbons (Fsp3) is 0.667. The summed E-state index contributed by atoms with van der Waals surface area (Å²) in [6, 6.07) is 10.1. The summed E-state index contributed by atoms with van der Waals surface area (Å²) in [4.78, 5) is 0. The highest BCUT2D eigenvalue weighted by Gasteiger charge is 2.49. The summed E-state index contributed by atoms with van der Waals surface area (Å²) in [6.07, 6.45) is 0. The Morgan fingerprint density at radius 2 is 0.906 bits per heavy atom. The van der Waals surface area contributed by atoms with Gasteiger partial charge in [-0.25, -0.2) is 0 Å². The van der Waals surface area contributed by atoms with Crippen LogP contribution in [0.25, 0.3) is 10.8 Å². The first-order valence-electron chi connectivity index (χ1n) is 13.2. The maximum atomic E-state index is 2.71. The lowest BCUT2D eigenvalue weighted by Crippen LogP contribution is -2.59. The molecular weight excluding hydrogens is 417 g/mol. The zero-order valence-corrected chi connectivity index (χ0v) is 25.8. The molecule has 2 heteroatoms. The first kappa shape index (κ1) is 27.4. The van der Waals surface area contributed by atoms with Crippen molar-refractivity contribution in [2.24, 2.45) is 0 Å². The van der Waals surface area contributed by atoms with Crippen molar-refractivity contribution in [1.82, 2.24) is 0 Å². The summed E-state index contributed by atoms with van der Waals surface area (Å²) >= 11 is 0. The molecule has 0 spiro atoms. The quantitative estimate of drug-likeness (QED) is 0.339. The Labute approximate surface area is 202 Å². The van der Waals surface area contributed by atoms with E-state index in [9.17, 15) is 0 Å². The van der Waals surface area contributed by atoms with Gasteiger partial charge in [-0.15, -0.1) is 0 Å². The Hall–Kier alpha value is -0.866. The van der Waals surface area contributed by atoms with E-state index < -0.39 is 16.1 Å². The van der Waals surface area contributed by atoms with Gasteiger partial charge in [0.1, 0.15) is 0 Å². The topological polar surface area (TPSA) is 0 Å². The van der Waals surface area contributed by atoms with E-state index in [-0.39, 0.29) is 0 Å². The third-order valence-electron chi connectivity index (χ3n) is 9.12. The fourth-order valence-electron chi connectivity index (χ4n) is 8.41. The monoisotopic (exact) mass is 468 g/mol. The Bertz CT molecular complexity index is 888. The number of aryl methyl sites for hydroxylation is 2. The maximum Gasteiger partial charge on any atom is 0.0954 e. The molecule has 0 heterocycles. The van der Waals surface area contributed by atoms with Gasteiger partial charge in [-0.3, -0.25) is 0 Å². The van der Waals surface area contributed by atoms with Crippen LogP contribution >= 0.6 is 0 Å². The minimum absolute atomic E-state index is 0.721. The molecule has 2 aromatic carbocycles. The average Bonchev–Trinajstić information content (AvgIpc) is 2.63. The van der Waals surface area contributed by atoms with Gasteiger partial charge in [-0.2, -0.15) is 0 Å². The Morgan fingerprint density at radius 1 is 0.500 bits per heavy atom. The summed E-state index contributed by atoms with van der Waals surface area (Å²) in [7, 11) is -3.55. The Balaban J connectivity index is 3.20. The second kappa shape index (κ2) is 9.78. The molecular formula is C30H52Si2. The molecule has 0 unspecified atom stereocenters. The molecule has 0 atom stereocenters. The van der Waals surface area contributed by atoms with Gasteiger partial charge in [-0.05, 0) is 63.1 Å². The zero-order chi connectivity index (χ0) is 24.8. The first-order valence-corrected chi connectivity index (χ1v) is 17.7. The van der Waals surface area contributed by atoms with E-state index in [1.807, 2.05) is 0 Å². The van der Waals surface area contributed by atoms with Crippen molar-refractivity contribution in [3.05, 3.63) is 35.4 Å². The predicted octanol–water partition coefficient (Wildman–Crippen LogP) is 9.23. The first-order chi connectivity index (χ1) is 14.7. The van der Waals surface area contributed by atoms with Gasteiger partial charge in [0.2, 0.25) is 0 Å². The van der Waals surface area contributed by atoms with Crippen molar-refractivity contribution in [1.29, 1.82) is 0 Å². The van der Waals surface area contributed by atoms with E-state index >= 15 is 0 Å². The van der Waals surface area contributed by atoms with Crippen molar-refractivity contribution in [2.45, 2.75) is 130 Å². The SMILES string of the molecule is Cc1ccc2c([Si](C(C)C)(C(C)C)C(C)C)c(C)cc([Si](C(C)C)(C(C)C)C(C)C)c2c1. The molecule has 2 aromatic rings. The number of fused-ring (bicyclic) bond motifs is 1. The van der Waals surface area contributed by atoms with E-state index in [0.717, 1.165) is 33.2 Å². The number of hydrogen-bond acceptors (Lipinski definition) is 0. The van der Waals surface area contributed by atoms with Crippen molar-refractivity contribution in [3.63, 3.8) is 0 Å². The molecule has 0 fully saturated rings. The molecule has 0 aliphatic rings. The zero-order valence-electron chi connectivity index (χ0n) is 23.8. The molecule has 2 rings (SSSR count). The van der Waals surface area contributed by atoms with Gasteiger partial charge in [0.15, 0.2) is 0 Å². The van der Waals surface area contributed by atoms with Gasteiger partial charge < -0.3 is 0 Å². The molecule has 0 bridgehead atoms. The minimum atomic E-state index is -1.78. The van der Waals surface area contributed by atoms with Crippen LogP contribution in [0.2, 0.25) is 33.2 Å². The fourth-order valence-corrected chi connectivity index (χ4v) is 22.6. The third kappa shape index (κ3) is 3.98. The lowest BCUT2D eigenvalue weighted by molar-refractivity contribution is 0.833. The van der Waals surface area contributed by atoms with Crippen LogP contribution in [0.1, 0.15) is 94.2 Å². The molecule has 0 nitrogen and oxygen atoms in total. The molecule has 0 amide bonds. The normalized spacial score (nSPS) is 13.8. The Morgan fingerprint density at radius 3 is 1.28 bits per heavy atom. The highest BCUT2D eigenvalue weighted by molar-refractivity contribution is 6.99. The maximum absolute atomic E-state index is 2.71. The minimum Gasteiger partial charge on any atom is -0.0648 e. The van der Waals surface area contributed by atoms with Crippen LogP contribution in [0.3, 0.4) is 0 Å². The molecule has 0 N–H and O–H groups in total. The van der Waals surface area contributed by atoms with E-state index in [1.54, 1.807) is 26.7 Å². The molecule has 0 aromatic heterocycles. The van der Waals surface area contributed by atoms with E-state index in [2.05, 4.69) is 121 Å². The number of hydrogen-bond donors (Lipinski definition) is 0. The summed E-state index contributed by atoms with van der Waals surface area (Å²) in [5.41, 5.74) is 7.31. The van der Waals surface area contributed by atoms with Crippen LogP contribution in [0.5, 0.6) is 0 Å². The summed E-state index contributed by atoms with van der Waals surface area (Å²) in [5, 5.41) is 6.67. The van der Waals surface area contributed by atoms with Crippen LogP contribution in [-0.4, -0.2) is 16.1 Å². The third-order valence-corrected chi connectivity index (χ3v) is 23.5. The van der Waals surface area contributed by atoms with Crippen LogP contribution in [-0.2, 0) is 0 Å². The molecule has 0 radical (unpaired) electrons. The summed E-state index contributed by atoms with van der Waals surface area (Å²) < 4.78 is 0. The molecule has 0 saturated carbocycles. The lowest BCUT2D eigenvalue weighted by Gasteiger charge is -2.48. The van der Waals surface area contributed by atoms with Crippen LogP contribution in [0, 0.1) is 13.8 Å². The van der Waals surface area contributed by atoms with Gasteiger partial charge in [0.05, 0.1) is 16.1 Å². The van der Waals surface area contributed by atoms with Crippen LogP contribution < -0.4 is 10.4 Å². The van der Waals surface area contributed by atoms with Crippen molar-refractivity contribution in [3.8, 4) is 0 Å². The predicted molar refractivity (Wildman–Crippen MR) is 155 cm³/mol. The molecule has 0 aliphatic carbocycles. The molecule has 0 aliphatic heterocycles. The second-order valence-corrected chi connectivity index (χ2v) is 24.2. The van der Waals surface area contributed by atoms with Crippen LogP contribution in [0.4, 0.5) is 0 Å². The van der Waals surface area contributed by atoms with Crippen LogP contribution in [0.15, 0.2) is 24.3 Å². The van der Waals surface area contributed by atoms with Crippen molar-refractivity contribution >= 4 is 37.3 Å². The number of rotatable bonds is 8. The van der Waals surface area contributed by atoms with E-state index in [0.29, 0.717) is 0 Å². The molecule has 32 heavy (non-hydrogen) atoms. The van der Waals surface area contributed by atoms with E-state index in [1.165, 1.54) is 5.56 Å². The summed E-state index contributed by atoms with van der Waals surface area (Å²) in [5.74, 6) is 0. The second-order valence-electron chi connectivity index (χ2n) is 12.5. The standard InChI is InChI=1S/C30H52Si2/c1-19(2)31(20(3)4,21(5)6)29-18-26(14)30(27-16-15-25(13)17-28(27)29)32(22(7)8,23(9)10)24(11)12/h15-24H,1-14H3. The molecule has 0 saturated heterocycles. The van der Waals surface area contributed by atoms with Gasteiger partial charge in [0, 0.05) is 0 Å². The van der Waals surface area contributed by atoms with Crippen molar-refractivity contribution in [2.75, 3.05) is 0 Å². The van der Waals surface area contributed by atoms with Gasteiger partial charge >= 0.3 is 0 Å². The highest BCUT2D eigenvalue weighted by atomic mass is 28.3. The Kier molecular flexibility index (Phi) is 8.37. The largest absolute Gasteiger partial charge is 0.0954 e. The average molecular weight is 469 g/mol.